The van der Waals surface area contributed by atoms with Crippen molar-refractivity contribution in [2.24, 2.45) is 0 Å². The van der Waals surface area contributed by atoms with Crippen LogP contribution >= 0.6 is 0 Å². The lowest BCUT2D eigenvalue weighted by Crippen LogP contribution is -2.01. The second-order valence-corrected chi connectivity index (χ2v) is 3.82. The molecule has 18 heavy (non-hydrogen) atoms. The molecule has 0 aliphatic rings. The molecule has 0 saturated heterocycles. The molecule has 2 rings (SSSR count). The molecule has 0 amide bonds. The van der Waals surface area contributed by atoms with Crippen LogP contribution < -0.4 is 0 Å². The van der Waals surface area contributed by atoms with Crippen molar-refractivity contribution in [3.63, 3.8) is 0 Å². The number of ketones is 1. The van der Waals surface area contributed by atoms with Gasteiger partial charge in [0.1, 0.15) is 11.6 Å². The highest BCUT2D eigenvalue weighted by atomic mass is 19.1. The highest BCUT2D eigenvalue weighted by Crippen LogP contribution is 2.18. The Kier molecular flexibility index (Phi) is 3.33. The van der Waals surface area contributed by atoms with Gasteiger partial charge >= 0.3 is 0 Å². The van der Waals surface area contributed by atoms with E-state index in [9.17, 15) is 13.6 Å². The molecule has 2 aromatic rings. The Morgan fingerprint density at radius 3 is 1.61 bits per heavy atom. The SMILES string of the molecule is C=C(C(=O)c1ccc(F)cc1)c1ccc(F)cc1. The number of carbonyl (C=O) groups excluding carboxylic acids is 1. The van der Waals surface area contributed by atoms with Crippen molar-refractivity contribution in [1.82, 2.24) is 0 Å². The average Bonchev–Trinajstić information content (AvgIpc) is 2.39. The predicted octanol–water partition coefficient (Wildman–Crippen LogP) is 3.86. The van der Waals surface area contributed by atoms with E-state index in [1.807, 2.05) is 0 Å². The fourth-order valence-corrected chi connectivity index (χ4v) is 1.56. The zero-order chi connectivity index (χ0) is 13.1. The molecular weight excluding hydrogens is 234 g/mol. The van der Waals surface area contributed by atoms with Crippen LogP contribution in [0, 0.1) is 11.6 Å². The Bertz CT molecular complexity index is 527. The van der Waals surface area contributed by atoms with Crippen LogP contribution in [-0.4, -0.2) is 5.78 Å². The average molecular weight is 244 g/mol. The minimum Gasteiger partial charge on any atom is -0.289 e. The molecule has 3 heteroatoms. The summed E-state index contributed by atoms with van der Waals surface area (Å²) in [7, 11) is 0. The molecule has 2 aromatic carbocycles. The second kappa shape index (κ2) is 4.92. The number of benzene rings is 2. The van der Waals surface area contributed by atoms with E-state index < -0.39 is 5.82 Å². The normalized spacial score (nSPS) is 10.1. The van der Waals surface area contributed by atoms with Crippen molar-refractivity contribution < 1.29 is 13.6 Å². The van der Waals surface area contributed by atoms with Crippen LogP contribution in [0.1, 0.15) is 15.9 Å². The van der Waals surface area contributed by atoms with E-state index in [4.69, 9.17) is 0 Å². The van der Waals surface area contributed by atoms with Gasteiger partial charge in [-0.3, -0.25) is 4.79 Å². The van der Waals surface area contributed by atoms with Crippen molar-refractivity contribution >= 4 is 11.4 Å². The maximum atomic E-state index is 12.8. The third kappa shape index (κ3) is 2.51. The van der Waals surface area contributed by atoms with Crippen LogP contribution in [-0.2, 0) is 0 Å². The summed E-state index contributed by atoms with van der Waals surface area (Å²) in [4.78, 5) is 12.0. The van der Waals surface area contributed by atoms with Gasteiger partial charge in [0.2, 0.25) is 0 Å². The Morgan fingerprint density at radius 1 is 0.778 bits per heavy atom. The Labute approximate surface area is 103 Å². The first-order valence-electron chi connectivity index (χ1n) is 5.33. The van der Waals surface area contributed by atoms with Gasteiger partial charge in [-0.15, -0.1) is 0 Å². The second-order valence-electron chi connectivity index (χ2n) is 3.82. The Hall–Kier alpha value is -2.29. The highest BCUT2D eigenvalue weighted by molar-refractivity contribution is 6.28. The fourth-order valence-electron chi connectivity index (χ4n) is 1.56. The number of hydrogen-bond donors (Lipinski definition) is 0. The van der Waals surface area contributed by atoms with Crippen molar-refractivity contribution in [2.45, 2.75) is 0 Å². The number of Topliss-reactive ketones (excluding diaryl/α,β-unsaturated/α-hetero) is 1. The lowest BCUT2D eigenvalue weighted by Gasteiger charge is -2.05. The van der Waals surface area contributed by atoms with Gasteiger partial charge < -0.3 is 0 Å². The van der Waals surface area contributed by atoms with Gasteiger partial charge in [0.05, 0.1) is 0 Å². The Balaban J connectivity index is 2.26. The van der Waals surface area contributed by atoms with Gasteiger partial charge in [-0.1, -0.05) is 18.7 Å². The van der Waals surface area contributed by atoms with Gasteiger partial charge in [-0.05, 0) is 42.0 Å². The summed E-state index contributed by atoms with van der Waals surface area (Å²) < 4.78 is 25.5. The van der Waals surface area contributed by atoms with Crippen LogP contribution in [0.4, 0.5) is 8.78 Å². The lowest BCUT2D eigenvalue weighted by molar-refractivity contribution is 0.105. The number of rotatable bonds is 3. The van der Waals surface area contributed by atoms with Crippen molar-refractivity contribution in [1.29, 1.82) is 0 Å². The third-order valence-corrected chi connectivity index (χ3v) is 2.57. The van der Waals surface area contributed by atoms with Gasteiger partial charge in [0.25, 0.3) is 0 Å². The molecule has 0 aromatic heterocycles. The van der Waals surface area contributed by atoms with E-state index in [2.05, 4.69) is 6.58 Å². The van der Waals surface area contributed by atoms with Crippen LogP contribution in [0.25, 0.3) is 5.57 Å². The van der Waals surface area contributed by atoms with Crippen LogP contribution in [0.5, 0.6) is 0 Å². The number of halogens is 2. The van der Waals surface area contributed by atoms with E-state index in [-0.39, 0.29) is 17.2 Å². The minimum absolute atomic E-state index is 0.251. The molecule has 1 nitrogen and oxygen atoms in total. The number of carbonyl (C=O) groups is 1. The van der Waals surface area contributed by atoms with Gasteiger partial charge in [-0.2, -0.15) is 0 Å². The molecule has 0 saturated carbocycles. The van der Waals surface area contributed by atoms with E-state index in [1.165, 1.54) is 48.5 Å². The van der Waals surface area contributed by atoms with E-state index in [0.717, 1.165) is 0 Å². The molecule has 0 unspecified atom stereocenters. The van der Waals surface area contributed by atoms with E-state index in [0.29, 0.717) is 11.1 Å². The van der Waals surface area contributed by atoms with Gasteiger partial charge in [-0.25, -0.2) is 8.78 Å². The topological polar surface area (TPSA) is 17.1 Å². The summed E-state index contributed by atoms with van der Waals surface area (Å²) in [6.07, 6.45) is 0. The molecule has 0 atom stereocenters. The molecule has 0 heterocycles. The van der Waals surface area contributed by atoms with E-state index >= 15 is 0 Å². The maximum Gasteiger partial charge on any atom is 0.193 e. The standard InChI is InChI=1S/C15H10F2O/c1-10(11-2-6-13(16)7-3-11)15(18)12-4-8-14(17)9-5-12/h2-9H,1H2. The monoisotopic (exact) mass is 244 g/mol. The number of allylic oxidation sites excluding steroid dienone is 1. The summed E-state index contributed by atoms with van der Waals surface area (Å²) in [5, 5.41) is 0. The molecule has 90 valence electrons. The quantitative estimate of drug-likeness (QED) is 0.592. The zero-order valence-electron chi connectivity index (χ0n) is 9.49. The number of hydrogen-bond acceptors (Lipinski definition) is 1. The predicted molar refractivity (Wildman–Crippen MR) is 66.2 cm³/mol. The first-order valence-corrected chi connectivity index (χ1v) is 5.33. The van der Waals surface area contributed by atoms with E-state index in [1.54, 1.807) is 0 Å². The molecule has 0 radical (unpaired) electrons. The fraction of sp³-hybridized carbons (Fsp3) is 0. The third-order valence-electron chi connectivity index (χ3n) is 2.57. The summed E-state index contributed by atoms with van der Waals surface area (Å²) in [5.41, 5.74) is 1.15. The molecule has 0 spiro atoms. The summed E-state index contributed by atoms with van der Waals surface area (Å²) >= 11 is 0. The minimum atomic E-state index is -0.404. The van der Waals surface area contributed by atoms with Crippen LogP contribution in [0.3, 0.4) is 0 Å². The van der Waals surface area contributed by atoms with Crippen molar-refractivity contribution in [3.8, 4) is 0 Å². The maximum absolute atomic E-state index is 12.8. The van der Waals surface area contributed by atoms with Gasteiger partial charge in [0.15, 0.2) is 5.78 Å². The first-order chi connectivity index (χ1) is 8.58. The van der Waals surface area contributed by atoms with Crippen molar-refractivity contribution in [2.75, 3.05) is 0 Å². The first kappa shape index (κ1) is 12.2. The van der Waals surface area contributed by atoms with Crippen LogP contribution in [0.15, 0.2) is 55.1 Å². The molecular formula is C15H10F2O. The molecule has 0 fully saturated rings. The largest absolute Gasteiger partial charge is 0.289 e. The summed E-state index contributed by atoms with van der Waals surface area (Å²) in [6.45, 7) is 3.69. The summed E-state index contributed by atoms with van der Waals surface area (Å²) in [6, 6.07) is 10.7. The summed E-state index contributed by atoms with van der Waals surface area (Å²) in [5.74, 6) is -1.08. The molecule has 0 N–H and O–H groups in total. The van der Waals surface area contributed by atoms with Crippen molar-refractivity contribution in [3.05, 3.63) is 77.9 Å². The zero-order valence-corrected chi connectivity index (χ0v) is 9.49. The highest BCUT2D eigenvalue weighted by Gasteiger charge is 2.12. The smallest absolute Gasteiger partial charge is 0.193 e. The van der Waals surface area contributed by atoms with Gasteiger partial charge in [0, 0.05) is 11.1 Å². The van der Waals surface area contributed by atoms with Crippen LogP contribution in [0.2, 0.25) is 0 Å². The molecule has 0 bridgehead atoms. The molecule has 0 aliphatic carbocycles. The lowest BCUT2D eigenvalue weighted by atomic mass is 9.98. The molecule has 0 aliphatic heterocycles. The Morgan fingerprint density at radius 2 is 1.17 bits per heavy atom.